The molecular formula is C22H32N6O4S3. The van der Waals surface area contributed by atoms with Gasteiger partial charge in [0.25, 0.3) is 0 Å². The molecule has 2 aromatic rings. The lowest BCUT2D eigenvalue weighted by Gasteiger charge is -2.21. The molecule has 0 bridgehead atoms. The van der Waals surface area contributed by atoms with E-state index in [4.69, 9.17) is 9.47 Å². The fraction of sp³-hybridized carbons (Fsp3) is 0.727. The predicted octanol–water partition coefficient (Wildman–Crippen LogP) is 5.67. The van der Waals surface area contributed by atoms with Crippen LogP contribution in [0.4, 0.5) is 19.9 Å². The van der Waals surface area contributed by atoms with Crippen molar-refractivity contribution in [2.45, 2.75) is 89.3 Å². The molecule has 2 saturated carbocycles. The van der Waals surface area contributed by atoms with Crippen molar-refractivity contribution in [1.82, 2.24) is 20.4 Å². The summed E-state index contributed by atoms with van der Waals surface area (Å²) < 4.78 is 10.9. The van der Waals surface area contributed by atoms with Gasteiger partial charge in [-0.3, -0.25) is 10.6 Å². The summed E-state index contributed by atoms with van der Waals surface area (Å²) in [6, 6.07) is 0. The summed E-state index contributed by atoms with van der Waals surface area (Å²) in [4.78, 5) is 24.1. The van der Waals surface area contributed by atoms with Gasteiger partial charge < -0.3 is 9.47 Å². The van der Waals surface area contributed by atoms with Gasteiger partial charge in [0.2, 0.25) is 10.3 Å². The molecule has 35 heavy (non-hydrogen) atoms. The van der Waals surface area contributed by atoms with Crippen LogP contribution in [-0.2, 0) is 22.3 Å². The van der Waals surface area contributed by atoms with Crippen LogP contribution in [0, 0.1) is 0 Å². The third-order valence-corrected chi connectivity index (χ3v) is 8.71. The minimum absolute atomic E-state index is 0.0165. The Balaban J connectivity index is 1.08. The zero-order valence-electron chi connectivity index (χ0n) is 19.7. The summed E-state index contributed by atoms with van der Waals surface area (Å²) in [5, 5.41) is 24.5. The Labute approximate surface area is 217 Å². The number of rotatable bonds is 10. The second-order valence-electron chi connectivity index (χ2n) is 8.69. The second kappa shape index (κ2) is 13.9. The van der Waals surface area contributed by atoms with Crippen molar-refractivity contribution in [2.75, 3.05) is 22.1 Å². The van der Waals surface area contributed by atoms with Crippen molar-refractivity contribution in [3.63, 3.8) is 0 Å². The third-order valence-electron chi connectivity index (χ3n) is 5.92. The number of thioether (sulfide) groups is 1. The molecular weight excluding hydrogens is 508 g/mol. The molecule has 0 atom stereocenters. The summed E-state index contributed by atoms with van der Waals surface area (Å²) in [5.41, 5.74) is 0. The van der Waals surface area contributed by atoms with Gasteiger partial charge in [0.1, 0.15) is 22.2 Å². The van der Waals surface area contributed by atoms with Crippen LogP contribution in [0.5, 0.6) is 0 Å². The average molecular weight is 541 g/mol. The Morgan fingerprint density at radius 2 is 1.14 bits per heavy atom. The molecule has 0 aromatic carbocycles. The van der Waals surface area contributed by atoms with Gasteiger partial charge in [-0.05, 0) is 62.9 Å². The average Bonchev–Trinajstić information content (AvgIpc) is 3.49. The smallest absolute Gasteiger partial charge is 0.413 e. The molecule has 0 spiro atoms. The van der Waals surface area contributed by atoms with Crippen LogP contribution in [0.25, 0.3) is 0 Å². The molecule has 4 rings (SSSR count). The molecule has 2 aromatic heterocycles. The first-order valence-electron chi connectivity index (χ1n) is 12.3. The summed E-state index contributed by atoms with van der Waals surface area (Å²) >= 11 is 4.55. The van der Waals surface area contributed by atoms with Crippen molar-refractivity contribution in [3.8, 4) is 0 Å². The van der Waals surface area contributed by atoms with E-state index in [2.05, 4.69) is 31.0 Å². The lowest BCUT2D eigenvalue weighted by molar-refractivity contribution is 0.0858. The first-order valence-corrected chi connectivity index (χ1v) is 15.1. The van der Waals surface area contributed by atoms with Crippen molar-refractivity contribution in [1.29, 1.82) is 0 Å². The van der Waals surface area contributed by atoms with Crippen molar-refractivity contribution in [2.24, 2.45) is 0 Å². The highest BCUT2D eigenvalue weighted by Crippen LogP contribution is 2.24. The maximum atomic E-state index is 12.0. The molecule has 2 aliphatic rings. The van der Waals surface area contributed by atoms with Crippen molar-refractivity contribution < 1.29 is 19.1 Å². The van der Waals surface area contributed by atoms with Gasteiger partial charge in [-0.25, -0.2) is 9.59 Å². The highest BCUT2D eigenvalue weighted by molar-refractivity contribution is 7.99. The van der Waals surface area contributed by atoms with E-state index in [0.29, 0.717) is 10.3 Å². The lowest BCUT2D eigenvalue weighted by atomic mass is 9.98. The first kappa shape index (κ1) is 26.1. The highest BCUT2D eigenvalue weighted by atomic mass is 32.2. The van der Waals surface area contributed by atoms with Crippen LogP contribution in [0.1, 0.15) is 74.2 Å². The predicted molar refractivity (Wildman–Crippen MR) is 139 cm³/mol. The monoisotopic (exact) mass is 540 g/mol. The van der Waals surface area contributed by atoms with Crippen molar-refractivity contribution in [3.05, 3.63) is 10.0 Å². The SMILES string of the molecule is O=C(Nc1nnc(CCSCCc2nnc(NC(=O)OC3CCCCC3)s2)s1)OC1CCCCC1. The molecule has 0 saturated heterocycles. The van der Waals surface area contributed by atoms with Gasteiger partial charge in [0.15, 0.2) is 0 Å². The number of aromatic nitrogens is 4. The maximum absolute atomic E-state index is 12.0. The molecule has 192 valence electrons. The topological polar surface area (TPSA) is 128 Å². The van der Waals surface area contributed by atoms with Crippen LogP contribution in [-0.4, -0.2) is 56.3 Å². The molecule has 2 heterocycles. The molecule has 2 aliphatic carbocycles. The van der Waals surface area contributed by atoms with E-state index in [-0.39, 0.29) is 12.2 Å². The third kappa shape index (κ3) is 9.19. The minimum Gasteiger partial charge on any atom is -0.446 e. The Morgan fingerprint density at radius 1 is 0.714 bits per heavy atom. The van der Waals surface area contributed by atoms with Gasteiger partial charge in [-0.15, -0.1) is 20.4 Å². The lowest BCUT2D eigenvalue weighted by Crippen LogP contribution is -2.24. The van der Waals surface area contributed by atoms with E-state index in [9.17, 15) is 9.59 Å². The summed E-state index contributed by atoms with van der Waals surface area (Å²) in [6.45, 7) is 0. The maximum Gasteiger partial charge on any atom is 0.413 e. The van der Waals surface area contributed by atoms with Crippen LogP contribution >= 0.6 is 34.4 Å². The van der Waals surface area contributed by atoms with Gasteiger partial charge in [0.05, 0.1) is 0 Å². The Kier molecular flexibility index (Phi) is 10.4. The highest BCUT2D eigenvalue weighted by Gasteiger charge is 2.20. The van der Waals surface area contributed by atoms with Crippen molar-refractivity contribution >= 4 is 56.9 Å². The van der Waals surface area contributed by atoms with E-state index in [0.717, 1.165) is 85.7 Å². The second-order valence-corrected chi connectivity index (χ2v) is 12.0. The quantitative estimate of drug-likeness (QED) is 0.366. The number of ether oxygens (including phenoxy) is 2. The summed E-state index contributed by atoms with van der Waals surface area (Å²) in [5.74, 6) is 1.78. The normalized spacial score (nSPS) is 17.1. The largest absolute Gasteiger partial charge is 0.446 e. The summed E-state index contributed by atoms with van der Waals surface area (Å²) in [7, 11) is 0. The van der Waals surface area contributed by atoms with Gasteiger partial charge in [-0.2, -0.15) is 11.8 Å². The number of aryl methyl sites for hydroxylation is 2. The van der Waals surface area contributed by atoms with Crippen LogP contribution in [0.15, 0.2) is 0 Å². The van der Waals surface area contributed by atoms with Crippen LogP contribution in [0.3, 0.4) is 0 Å². The van der Waals surface area contributed by atoms with E-state index >= 15 is 0 Å². The molecule has 2 fully saturated rings. The Hall–Kier alpha value is -1.99. The van der Waals surface area contributed by atoms with Gasteiger partial charge >= 0.3 is 12.2 Å². The first-order chi connectivity index (χ1) is 17.1. The Bertz CT molecular complexity index is 869. The van der Waals surface area contributed by atoms with E-state index in [1.807, 2.05) is 0 Å². The number of anilines is 2. The van der Waals surface area contributed by atoms with Crippen LogP contribution in [0.2, 0.25) is 0 Å². The number of nitrogens with zero attached hydrogens (tertiary/aromatic N) is 4. The van der Waals surface area contributed by atoms with E-state index in [1.54, 1.807) is 11.8 Å². The number of nitrogens with one attached hydrogen (secondary N) is 2. The van der Waals surface area contributed by atoms with Gasteiger partial charge in [0, 0.05) is 12.8 Å². The fourth-order valence-electron chi connectivity index (χ4n) is 4.13. The number of amides is 2. The molecule has 0 radical (unpaired) electrons. The molecule has 10 nitrogen and oxygen atoms in total. The molecule has 13 heteroatoms. The minimum atomic E-state index is -0.442. The van der Waals surface area contributed by atoms with E-state index < -0.39 is 12.2 Å². The molecule has 0 aliphatic heterocycles. The fourth-order valence-corrected chi connectivity index (χ4v) is 6.72. The summed E-state index contributed by atoms with van der Waals surface area (Å²) in [6.07, 6.45) is 11.3. The standard InChI is InChI=1S/C22H32N6O4S3/c29-21(31-15-7-3-1-4-8-15)23-19-27-25-17(34-19)11-13-33-14-12-18-26-28-20(35-18)24-22(30)32-16-9-5-2-6-10-16/h15-16H,1-14H2,(H,23,27,29)(H,24,28,30). The molecule has 2 N–H and O–H groups in total. The van der Waals surface area contributed by atoms with E-state index in [1.165, 1.54) is 35.5 Å². The van der Waals surface area contributed by atoms with Gasteiger partial charge in [-0.1, -0.05) is 35.5 Å². The zero-order chi connectivity index (χ0) is 24.3. The number of carbonyl (C=O) groups excluding carboxylic acids is 2. The number of hydrogen-bond donors (Lipinski definition) is 2. The zero-order valence-corrected chi connectivity index (χ0v) is 22.2. The molecule has 0 unspecified atom stereocenters. The number of carbonyl (C=O) groups is 2. The Morgan fingerprint density at radius 3 is 1.57 bits per heavy atom. The van der Waals surface area contributed by atoms with Crippen LogP contribution < -0.4 is 10.6 Å². The molecule has 2 amide bonds. The number of hydrogen-bond acceptors (Lipinski definition) is 11.